The average molecular weight is 503 g/mol. The smallest absolute Gasteiger partial charge is 0.336 e. The molecule has 1 atom stereocenters. The molecule has 186 valence electrons. The van der Waals surface area contributed by atoms with Gasteiger partial charge in [0.25, 0.3) is 5.56 Å². The Labute approximate surface area is 207 Å². The third-order valence-electron chi connectivity index (χ3n) is 5.22. The number of hydrogen-bond acceptors (Lipinski definition) is 9. The molecule has 3 rings (SSSR count). The monoisotopic (exact) mass is 502 g/mol. The van der Waals surface area contributed by atoms with Gasteiger partial charge in [-0.25, -0.2) is 14.6 Å². The number of methoxy groups -OCH3 is 1. The molecular formula is C24H27ClN4O6. The average Bonchev–Trinajstić information content (AvgIpc) is 2.83. The van der Waals surface area contributed by atoms with E-state index in [1.807, 2.05) is 0 Å². The van der Waals surface area contributed by atoms with Crippen molar-refractivity contribution >= 4 is 29.5 Å². The van der Waals surface area contributed by atoms with Crippen LogP contribution in [0.1, 0.15) is 25.3 Å². The van der Waals surface area contributed by atoms with Gasteiger partial charge in [-0.3, -0.25) is 9.78 Å². The Morgan fingerprint density at radius 3 is 2.63 bits per heavy atom. The van der Waals surface area contributed by atoms with E-state index >= 15 is 0 Å². The fraction of sp³-hybridized carbons (Fsp3) is 0.333. The van der Waals surface area contributed by atoms with Crippen molar-refractivity contribution in [3.63, 3.8) is 0 Å². The van der Waals surface area contributed by atoms with Crippen LogP contribution in [0.5, 0.6) is 0 Å². The number of benzene rings is 1. The topological polar surface area (TPSA) is 132 Å². The predicted octanol–water partition coefficient (Wildman–Crippen LogP) is 2.50. The lowest BCUT2D eigenvalue weighted by atomic mass is 9.80. The molecular weight excluding hydrogens is 476 g/mol. The number of carbonyl (C=O) groups is 2. The van der Waals surface area contributed by atoms with Crippen molar-refractivity contribution in [1.82, 2.24) is 15.3 Å². The van der Waals surface area contributed by atoms with E-state index in [1.165, 1.54) is 19.4 Å². The molecule has 1 aliphatic rings. The highest BCUT2D eigenvalue weighted by molar-refractivity contribution is 6.31. The zero-order valence-electron chi connectivity index (χ0n) is 19.6. The van der Waals surface area contributed by atoms with Gasteiger partial charge in [0.15, 0.2) is 0 Å². The van der Waals surface area contributed by atoms with E-state index in [0.29, 0.717) is 34.5 Å². The fourth-order valence-electron chi connectivity index (χ4n) is 3.74. The van der Waals surface area contributed by atoms with Crippen LogP contribution in [0.2, 0.25) is 5.02 Å². The normalized spacial score (nSPS) is 15.5. The molecule has 10 nitrogen and oxygen atoms in total. The highest BCUT2D eigenvalue weighted by atomic mass is 35.5. The fourth-order valence-corrected chi connectivity index (χ4v) is 3.98. The number of halogens is 1. The molecule has 3 N–H and O–H groups in total. The molecule has 1 unspecified atom stereocenters. The zero-order chi connectivity index (χ0) is 25.4. The standard InChI is InChI=1S/C24H27ClN4O6/c1-4-35-23(32)21-17(13-34-12-11-27-24-26-10-9-18(30)29-24)28-14(2)19(22(31)33-3)20(21)15-7-5-6-8-16(15)25/h5-10,20,28H,4,11-13H2,1-3H3,(H2,26,27,29,30). The second-order valence-corrected chi connectivity index (χ2v) is 7.89. The first-order valence-electron chi connectivity index (χ1n) is 10.9. The summed E-state index contributed by atoms with van der Waals surface area (Å²) in [5.41, 5.74) is 1.73. The number of aromatic nitrogens is 2. The second kappa shape index (κ2) is 12.2. The number of ether oxygens (including phenoxy) is 3. The van der Waals surface area contributed by atoms with Crippen LogP contribution in [0.4, 0.5) is 5.95 Å². The van der Waals surface area contributed by atoms with Crippen LogP contribution in [-0.4, -0.2) is 55.4 Å². The summed E-state index contributed by atoms with van der Waals surface area (Å²) < 4.78 is 16.1. The number of allylic oxidation sites excluding steroid dienone is 1. The molecule has 0 saturated heterocycles. The quantitative estimate of drug-likeness (QED) is 0.331. The molecule has 35 heavy (non-hydrogen) atoms. The first-order chi connectivity index (χ1) is 16.9. The number of aromatic amines is 1. The van der Waals surface area contributed by atoms with Gasteiger partial charge in [-0.15, -0.1) is 0 Å². The van der Waals surface area contributed by atoms with Crippen LogP contribution in [0.3, 0.4) is 0 Å². The maximum atomic E-state index is 13.1. The van der Waals surface area contributed by atoms with Crippen molar-refractivity contribution in [1.29, 1.82) is 0 Å². The molecule has 1 aliphatic heterocycles. The summed E-state index contributed by atoms with van der Waals surface area (Å²) in [5.74, 6) is -1.67. The minimum atomic E-state index is -0.813. The van der Waals surface area contributed by atoms with Crippen LogP contribution in [0.25, 0.3) is 0 Å². The van der Waals surface area contributed by atoms with E-state index in [-0.39, 0.29) is 36.5 Å². The molecule has 11 heteroatoms. The van der Waals surface area contributed by atoms with E-state index in [4.69, 9.17) is 25.8 Å². The van der Waals surface area contributed by atoms with Crippen LogP contribution in [0.15, 0.2) is 63.9 Å². The zero-order valence-corrected chi connectivity index (χ0v) is 20.4. The molecule has 0 saturated carbocycles. The number of nitrogens with zero attached hydrogens (tertiary/aromatic N) is 1. The van der Waals surface area contributed by atoms with E-state index in [2.05, 4.69) is 20.6 Å². The minimum Gasteiger partial charge on any atom is -0.466 e. The number of esters is 2. The second-order valence-electron chi connectivity index (χ2n) is 7.48. The Balaban J connectivity index is 1.89. The number of carbonyl (C=O) groups excluding carboxylic acids is 2. The Morgan fingerprint density at radius 1 is 1.17 bits per heavy atom. The molecule has 0 aliphatic carbocycles. The van der Waals surface area contributed by atoms with E-state index < -0.39 is 17.9 Å². The lowest BCUT2D eigenvalue weighted by molar-refractivity contribution is -0.139. The summed E-state index contributed by atoms with van der Waals surface area (Å²) in [4.78, 5) is 43.8. The Kier molecular flexibility index (Phi) is 9.04. The number of dihydropyridines is 1. The van der Waals surface area contributed by atoms with Gasteiger partial charge in [-0.1, -0.05) is 29.8 Å². The number of anilines is 1. The SMILES string of the molecule is CCOC(=O)C1=C(COCCNc2nccc(=O)[nH]2)NC(C)=C(C(=O)OC)C1c1ccccc1Cl. The van der Waals surface area contributed by atoms with E-state index in [0.717, 1.165) is 0 Å². The maximum Gasteiger partial charge on any atom is 0.336 e. The van der Waals surface area contributed by atoms with Crippen LogP contribution >= 0.6 is 11.6 Å². The summed E-state index contributed by atoms with van der Waals surface area (Å²) in [5, 5.41) is 6.46. The first kappa shape index (κ1) is 26.0. The van der Waals surface area contributed by atoms with E-state index in [9.17, 15) is 14.4 Å². The largest absolute Gasteiger partial charge is 0.466 e. The molecule has 0 amide bonds. The molecule has 0 bridgehead atoms. The van der Waals surface area contributed by atoms with Gasteiger partial charge in [0.2, 0.25) is 5.95 Å². The third kappa shape index (κ3) is 6.28. The van der Waals surface area contributed by atoms with E-state index in [1.54, 1.807) is 38.1 Å². The van der Waals surface area contributed by atoms with Crippen LogP contribution < -0.4 is 16.2 Å². The summed E-state index contributed by atoms with van der Waals surface area (Å²) in [6.07, 6.45) is 1.40. The molecule has 0 fully saturated rings. The Morgan fingerprint density at radius 2 is 1.94 bits per heavy atom. The number of nitrogens with one attached hydrogen (secondary N) is 3. The van der Waals surface area contributed by atoms with Gasteiger partial charge in [0.05, 0.1) is 49.7 Å². The van der Waals surface area contributed by atoms with Gasteiger partial charge in [-0.05, 0) is 25.5 Å². The van der Waals surface area contributed by atoms with Crippen molar-refractivity contribution < 1.29 is 23.8 Å². The molecule has 2 heterocycles. The minimum absolute atomic E-state index is 0.0291. The molecule has 1 aromatic heterocycles. The Bertz CT molecular complexity index is 1210. The third-order valence-corrected chi connectivity index (χ3v) is 5.56. The van der Waals surface area contributed by atoms with Crippen LogP contribution in [0, 0.1) is 0 Å². The van der Waals surface area contributed by atoms with Gasteiger partial charge in [-0.2, -0.15) is 0 Å². The summed E-state index contributed by atoms with van der Waals surface area (Å²) >= 11 is 6.49. The van der Waals surface area contributed by atoms with Crippen LogP contribution in [-0.2, 0) is 23.8 Å². The summed E-state index contributed by atoms with van der Waals surface area (Å²) in [6, 6.07) is 8.30. The number of hydrogen-bond donors (Lipinski definition) is 3. The lowest BCUT2D eigenvalue weighted by Crippen LogP contribution is -2.35. The Hall–Kier alpha value is -3.63. The first-order valence-corrected chi connectivity index (χ1v) is 11.3. The number of rotatable bonds is 10. The van der Waals surface area contributed by atoms with Gasteiger partial charge >= 0.3 is 11.9 Å². The summed E-state index contributed by atoms with van der Waals surface area (Å²) in [6.45, 7) is 4.19. The molecule has 0 radical (unpaired) electrons. The van der Waals surface area contributed by atoms with Gasteiger partial charge in [0, 0.05) is 29.5 Å². The highest BCUT2D eigenvalue weighted by Gasteiger charge is 2.39. The molecule has 2 aromatic rings. The van der Waals surface area contributed by atoms with Crippen molar-refractivity contribution in [3.8, 4) is 0 Å². The van der Waals surface area contributed by atoms with Crippen molar-refractivity contribution in [2.45, 2.75) is 19.8 Å². The maximum absolute atomic E-state index is 13.1. The van der Waals surface area contributed by atoms with Gasteiger partial charge < -0.3 is 24.8 Å². The molecule has 1 aromatic carbocycles. The lowest BCUT2D eigenvalue weighted by Gasteiger charge is -2.31. The van der Waals surface area contributed by atoms with Crippen molar-refractivity contribution in [3.05, 3.63) is 80.0 Å². The van der Waals surface area contributed by atoms with Crippen molar-refractivity contribution in [2.75, 3.05) is 38.8 Å². The van der Waals surface area contributed by atoms with Crippen molar-refractivity contribution in [2.24, 2.45) is 0 Å². The molecule has 0 spiro atoms. The van der Waals surface area contributed by atoms with Gasteiger partial charge in [0.1, 0.15) is 0 Å². The summed E-state index contributed by atoms with van der Waals surface area (Å²) in [7, 11) is 1.28. The highest BCUT2D eigenvalue weighted by Crippen LogP contribution is 2.41. The number of H-pyrrole nitrogens is 1. The predicted molar refractivity (Wildman–Crippen MR) is 130 cm³/mol.